The first-order chi connectivity index (χ1) is 13.9. The summed E-state index contributed by atoms with van der Waals surface area (Å²) in [6.07, 6.45) is 5.17. The average Bonchev–Trinajstić information content (AvgIpc) is 3.24. The van der Waals surface area contributed by atoms with Gasteiger partial charge in [-0.15, -0.1) is 0 Å². The van der Waals surface area contributed by atoms with Gasteiger partial charge in [-0.3, -0.25) is 14.9 Å². The van der Waals surface area contributed by atoms with Gasteiger partial charge in [0.05, 0.1) is 16.2 Å². The fraction of sp³-hybridized carbons (Fsp3) is 0.619. The zero-order valence-corrected chi connectivity index (χ0v) is 17.1. The summed E-state index contributed by atoms with van der Waals surface area (Å²) in [5.74, 6) is -0.125. The third kappa shape index (κ3) is 5.05. The molecule has 1 aromatic carbocycles. The van der Waals surface area contributed by atoms with Gasteiger partial charge in [-0.1, -0.05) is 26.7 Å². The van der Waals surface area contributed by atoms with Crippen molar-refractivity contribution in [2.45, 2.75) is 52.0 Å². The Balaban J connectivity index is 1.65. The Hall–Kier alpha value is -2.64. The van der Waals surface area contributed by atoms with E-state index in [-0.39, 0.29) is 23.2 Å². The summed E-state index contributed by atoms with van der Waals surface area (Å²) < 4.78 is 5.23. The minimum atomic E-state index is -0.712. The molecule has 1 aliphatic heterocycles. The van der Waals surface area contributed by atoms with Crippen LogP contribution in [0.5, 0.6) is 0 Å². The lowest BCUT2D eigenvalue weighted by Gasteiger charge is -2.34. The number of rotatable bonds is 6. The largest absolute Gasteiger partial charge is 0.452 e. The summed E-state index contributed by atoms with van der Waals surface area (Å²) in [5.41, 5.74) is 0.580. The highest BCUT2D eigenvalue weighted by molar-refractivity contribution is 5.97. The van der Waals surface area contributed by atoms with Crippen molar-refractivity contribution >= 4 is 23.3 Å². The molecule has 158 valence electrons. The van der Waals surface area contributed by atoms with Crippen LogP contribution in [0.15, 0.2) is 18.2 Å². The maximum Gasteiger partial charge on any atom is 0.341 e. The van der Waals surface area contributed by atoms with E-state index >= 15 is 0 Å². The molecule has 8 heteroatoms. The number of non-ortho nitro benzene ring substituents is 1. The van der Waals surface area contributed by atoms with Crippen molar-refractivity contribution in [1.29, 1.82) is 0 Å². The summed E-state index contributed by atoms with van der Waals surface area (Å²) in [7, 11) is 0. The normalized spacial score (nSPS) is 24.2. The van der Waals surface area contributed by atoms with E-state index in [0.717, 1.165) is 45.2 Å². The maximum atomic E-state index is 12.7. The van der Waals surface area contributed by atoms with Crippen LogP contribution < -0.4 is 10.2 Å². The number of benzene rings is 1. The second-order valence-electron chi connectivity index (χ2n) is 8.17. The van der Waals surface area contributed by atoms with Crippen molar-refractivity contribution in [2.75, 3.05) is 24.6 Å². The van der Waals surface area contributed by atoms with Crippen LogP contribution in [0.3, 0.4) is 0 Å². The number of hydrogen-bond donors (Lipinski definition) is 1. The molecule has 1 heterocycles. The lowest BCUT2D eigenvalue weighted by atomic mass is 9.78. The third-order valence-electron chi connectivity index (χ3n) is 6.25. The molecule has 1 aliphatic carbocycles. The summed E-state index contributed by atoms with van der Waals surface area (Å²) in [4.78, 5) is 37.6. The van der Waals surface area contributed by atoms with Crippen LogP contribution in [-0.4, -0.2) is 42.5 Å². The van der Waals surface area contributed by atoms with E-state index in [2.05, 4.69) is 19.2 Å². The lowest BCUT2D eigenvalue weighted by Crippen LogP contribution is -2.45. The van der Waals surface area contributed by atoms with Gasteiger partial charge in [-0.05, 0) is 37.2 Å². The standard InChI is InChI=1S/C21H29N3O5/c1-14-6-5-7-18(15(14)2)22-20(25)13-29-21(26)17-12-16(24(27)28)8-9-19(17)23-10-3-4-11-23/h8-9,12,14-15,18H,3-7,10-11,13H2,1-2H3,(H,22,25)/t14-,15-,18-/m1/s1. The predicted molar refractivity (Wildman–Crippen MR) is 109 cm³/mol. The number of hydrogen-bond acceptors (Lipinski definition) is 6. The minimum absolute atomic E-state index is 0.0860. The zero-order valence-electron chi connectivity index (χ0n) is 17.1. The Labute approximate surface area is 170 Å². The molecule has 1 aromatic rings. The highest BCUT2D eigenvalue weighted by atomic mass is 16.6. The molecule has 2 aliphatic rings. The van der Waals surface area contributed by atoms with Gasteiger partial charge in [0.25, 0.3) is 11.6 Å². The first-order valence-electron chi connectivity index (χ1n) is 10.4. The van der Waals surface area contributed by atoms with Gasteiger partial charge < -0.3 is 15.0 Å². The Morgan fingerprint density at radius 3 is 2.62 bits per heavy atom. The molecule has 0 radical (unpaired) electrons. The summed E-state index contributed by atoms with van der Waals surface area (Å²) >= 11 is 0. The van der Waals surface area contributed by atoms with Gasteiger partial charge in [0.1, 0.15) is 0 Å². The van der Waals surface area contributed by atoms with E-state index < -0.39 is 17.5 Å². The Kier molecular flexibility index (Phi) is 6.71. The molecule has 3 rings (SSSR count). The van der Waals surface area contributed by atoms with Crippen LogP contribution in [0.1, 0.15) is 56.3 Å². The average molecular weight is 403 g/mol. The number of anilines is 1. The van der Waals surface area contributed by atoms with Crippen LogP contribution in [0, 0.1) is 22.0 Å². The van der Waals surface area contributed by atoms with Gasteiger partial charge in [-0.25, -0.2) is 4.79 Å². The molecule has 1 N–H and O–H groups in total. The zero-order chi connectivity index (χ0) is 21.0. The highest BCUT2D eigenvalue weighted by Gasteiger charge is 2.29. The fourth-order valence-electron chi connectivity index (χ4n) is 4.28. The lowest BCUT2D eigenvalue weighted by molar-refractivity contribution is -0.384. The number of ether oxygens (including phenoxy) is 1. The van der Waals surface area contributed by atoms with Gasteiger partial charge in [-0.2, -0.15) is 0 Å². The molecule has 0 unspecified atom stereocenters. The smallest absolute Gasteiger partial charge is 0.341 e. The van der Waals surface area contributed by atoms with Crippen molar-refractivity contribution in [3.05, 3.63) is 33.9 Å². The molecular weight excluding hydrogens is 374 g/mol. The topological polar surface area (TPSA) is 102 Å². The van der Waals surface area contributed by atoms with E-state index in [1.807, 2.05) is 4.90 Å². The monoisotopic (exact) mass is 403 g/mol. The molecule has 3 atom stereocenters. The van der Waals surface area contributed by atoms with E-state index in [0.29, 0.717) is 17.5 Å². The van der Waals surface area contributed by atoms with E-state index in [1.165, 1.54) is 12.1 Å². The first-order valence-corrected chi connectivity index (χ1v) is 10.4. The van der Waals surface area contributed by atoms with Crippen molar-refractivity contribution in [3.8, 4) is 0 Å². The Morgan fingerprint density at radius 1 is 1.21 bits per heavy atom. The molecule has 1 saturated heterocycles. The molecule has 2 fully saturated rings. The molecule has 8 nitrogen and oxygen atoms in total. The third-order valence-corrected chi connectivity index (χ3v) is 6.25. The number of nitrogens with zero attached hydrogens (tertiary/aromatic N) is 2. The van der Waals surface area contributed by atoms with E-state index in [9.17, 15) is 19.7 Å². The molecular formula is C21H29N3O5. The van der Waals surface area contributed by atoms with Crippen molar-refractivity contribution in [3.63, 3.8) is 0 Å². The minimum Gasteiger partial charge on any atom is -0.452 e. The predicted octanol–water partition coefficient (Wildman–Crippen LogP) is 3.29. The second kappa shape index (κ2) is 9.24. The summed E-state index contributed by atoms with van der Waals surface area (Å²) in [5, 5.41) is 14.1. The second-order valence-corrected chi connectivity index (χ2v) is 8.17. The molecule has 0 spiro atoms. The van der Waals surface area contributed by atoms with E-state index in [4.69, 9.17) is 4.74 Å². The van der Waals surface area contributed by atoms with E-state index in [1.54, 1.807) is 6.07 Å². The van der Waals surface area contributed by atoms with Gasteiger partial charge in [0, 0.05) is 31.3 Å². The number of carbonyl (C=O) groups excluding carboxylic acids is 2. The van der Waals surface area contributed by atoms with Gasteiger partial charge in [0.2, 0.25) is 0 Å². The summed E-state index contributed by atoms with van der Waals surface area (Å²) in [6.45, 7) is 5.50. The molecule has 1 saturated carbocycles. The molecule has 29 heavy (non-hydrogen) atoms. The first kappa shape index (κ1) is 21.1. The number of nitro groups is 1. The number of amides is 1. The van der Waals surface area contributed by atoms with Gasteiger partial charge >= 0.3 is 5.97 Å². The summed E-state index contributed by atoms with van der Waals surface area (Å²) in [6, 6.07) is 4.30. The van der Waals surface area contributed by atoms with Crippen molar-refractivity contribution < 1.29 is 19.2 Å². The SMILES string of the molecule is C[C@@H]1[C@H](C)CCC[C@H]1NC(=O)COC(=O)c1cc([N+](=O)[O-])ccc1N1CCCC1. The number of nitrogens with one attached hydrogen (secondary N) is 1. The van der Waals surface area contributed by atoms with Crippen LogP contribution >= 0.6 is 0 Å². The Morgan fingerprint density at radius 2 is 1.93 bits per heavy atom. The molecule has 1 amide bonds. The van der Waals surface area contributed by atoms with Crippen molar-refractivity contribution in [2.24, 2.45) is 11.8 Å². The fourth-order valence-corrected chi connectivity index (χ4v) is 4.28. The maximum absolute atomic E-state index is 12.7. The number of nitro benzene ring substituents is 1. The van der Waals surface area contributed by atoms with Gasteiger partial charge in [0.15, 0.2) is 6.61 Å². The number of carbonyl (C=O) groups is 2. The van der Waals surface area contributed by atoms with Crippen molar-refractivity contribution in [1.82, 2.24) is 5.32 Å². The molecule has 0 aromatic heterocycles. The van der Waals surface area contributed by atoms with Crippen LogP contribution in [0.4, 0.5) is 11.4 Å². The number of esters is 1. The molecule has 0 bridgehead atoms. The van der Waals surface area contributed by atoms with Crippen LogP contribution in [-0.2, 0) is 9.53 Å². The van der Waals surface area contributed by atoms with Crippen LogP contribution in [0.2, 0.25) is 0 Å². The highest BCUT2D eigenvalue weighted by Crippen LogP contribution is 2.30. The van der Waals surface area contributed by atoms with Crippen LogP contribution in [0.25, 0.3) is 0 Å². The quantitative estimate of drug-likeness (QED) is 0.444. The Bertz CT molecular complexity index is 776.